The Morgan fingerprint density at radius 3 is 2.41 bits per heavy atom. The van der Waals surface area contributed by atoms with E-state index >= 15 is 0 Å². The van der Waals surface area contributed by atoms with E-state index in [1.165, 1.54) is 0 Å². The first-order chi connectivity index (χ1) is 7.99. The van der Waals surface area contributed by atoms with Crippen molar-refractivity contribution >= 4 is 61.9 Å². The van der Waals surface area contributed by atoms with Gasteiger partial charge in [-0.15, -0.1) is 0 Å². The van der Waals surface area contributed by atoms with E-state index in [0.717, 1.165) is 10.2 Å². The number of hydrogen-bond acceptors (Lipinski definition) is 3. The molecule has 0 fully saturated rings. The van der Waals surface area contributed by atoms with Crippen LogP contribution in [0.15, 0.2) is 33.8 Å². The quantitative estimate of drug-likeness (QED) is 0.451. The lowest BCUT2D eigenvalue weighted by Gasteiger charge is -2.07. The molecule has 0 aliphatic rings. The van der Waals surface area contributed by atoms with E-state index in [4.69, 9.17) is 18.0 Å². The molecular formula is C10H11BrN4S2. The van der Waals surface area contributed by atoms with Crippen molar-refractivity contribution in [2.45, 2.75) is 6.92 Å². The molecule has 7 heteroatoms. The number of hydrogen-bond donors (Lipinski definition) is 3. The maximum atomic E-state index is 5.25. The summed E-state index contributed by atoms with van der Waals surface area (Å²) in [5.74, 6) is 0. The highest BCUT2D eigenvalue weighted by Gasteiger charge is 2.02. The average Bonchev–Trinajstić information content (AvgIpc) is 2.28. The summed E-state index contributed by atoms with van der Waals surface area (Å²) in [5, 5.41) is 7.08. The second-order valence-corrected chi connectivity index (χ2v) is 4.90. The highest BCUT2D eigenvalue weighted by Crippen LogP contribution is 2.14. The fraction of sp³-hybridized carbons (Fsp3) is 0.100. The van der Waals surface area contributed by atoms with Gasteiger partial charge in [-0.2, -0.15) is 5.10 Å². The zero-order chi connectivity index (χ0) is 12.8. The summed E-state index contributed by atoms with van der Waals surface area (Å²) in [7, 11) is 0. The Labute approximate surface area is 119 Å². The molecule has 0 atom stereocenters. The van der Waals surface area contributed by atoms with E-state index in [1.54, 1.807) is 6.92 Å². The van der Waals surface area contributed by atoms with Crippen LogP contribution in [0.5, 0.6) is 0 Å². The monoisotopic (exact) mass is 330 g/mol. The highest BCUT2D eigenvalue weighted by molar-refractivity contribution is 9.10. The van der Waals surface area contributed by atoms with Crippen molar-refractivity contribution in [3.8, 4) is 0 Å². The zero-order valence-electron chi connectivity index (χ0n) is 9.03. The number of halogens is 1. The van der Waals surface area contributed by atoms with Crippen molar-refractivity contribution in [1.82, 2.24) is 5.43 Å². The van der Waals surface area contributed by atoms with E-state index in [0.29, 0.717) is 10.7 Å². The smallest absolute Gasteiger partial charge is 0.184 e. The van der Waals surface area contributed by atoms with Gasteiger partial charge < -0.3 is 11.1 Å². The number of nitrogens with zero attached hydrogens (tertiary/aromatic N) is 1. The van der Waals surface area contributed by atoms with Gasteiger partial charge in [0.2, 0.25) is 0 Å². The predicted octanol–water partition coefficient (Wildman–Crippen LogP) is 2.40. The fourth-order valence-electron chi connectivity index (χ4n) is 0.944. The van der Waals surface area contributed by atoms with Crippen LogP contribution in [0.4, 0.5) is 5.69 Å². The van der Waals surface area contributed by atoms with Crippen LogP contribution in [-0.4, -0.2) is 15.8 Å². The molecule has 4 N–H and O–H groups in total. The zero-order valence-corrected chi connectivity index (χ0v) is 12.2. The van der Waals surface area contributed by atoms with Gasteiger partial charge >= 0.3 is 0 Å². The van der Waals surface area contributed by atoms with Crippen LogP contribution in [-0.2, 0) is 0 Å². The predicted molar refractivity (Wildman–Crippen MR) is 83.4 cm³/mol. The maximum Gasteiger partial charge on any atom is 0.184 e. The molecule has 90 valence electrons. The second-order valence-electron chi connectivity index (χ2n) is 3.13. The Bertz CT molecular complexity index is 456. The van der Waals surface area contributed by atoms with Gasteiger partial charge in [-0.3, -0.25) is 5.43 Å². The molecule has 0 saturated carbocycles. The summed E-state index contributed by atoms with van der Waals surface area (Å²) >= 11 is 13.2. The van der Waals surface area contributed by atoms with Gasteiger partial charge in [0.15, 0.2) is 5.11 Å². The van der Waals surface area contributed by atoms with Gasteiger partial charge in [0.05, 0.1) is 5.71 Å². The third-order valence-corrected chi connectivity index (χ3v) is 2.78. The lowest BCUT2D eigenvalue weighted by Crippen LogP contribution is -2.28. The Morgan fingerprint density at radius 2 is 1.88 bits per heavy atom. The van der Waals surface area contributed by atoms with Crippen molar-refractivity contribution in [2.75, 3.05) is 5.32 Å². The standard InChI is InChI=1S/C10H11BrN4S2/c1-6(14-15-10(12)17)9(16)13-8-4-2-7(11)3-5-8/h2-5H,1H3,(H,13,16)(H3,12,15,17). The van der Waals surface area contributed by atoms with Gasteiger partial charge in [-0.05, 0) is 43.4 Å². The van der Waals surface area contributed by atoms with E-state index in [-0.39, 0.29) is 5.11 Å². The molecule has 0 aliphatic carbocycles. The number of benzene rings is 1. The molecular weight excluding hydrogens is 320 g/mol. The number of thiocarbonyl (C=S) groups is 2. The molecule has 4 nitrogen and oxygen atoms in total. The van der Waals surface area contributed by atoms with Gasteiger partial charge in [-0.25, -0.2) is 0 Å². The summed E-state index contributed by atoms with van der Waals surface area (Å²) in [4.78, 5) is 0.510. The van der Waals surface area contributed by atoms with Gasteiger partial charge in [0.1, 0.15) is 4.99 Å². The Morgan fingerprint density at radius 1 is 1.29 bits per heavy atom. The molecule has 1 aromatic carbocycles. The molecule has 0 unspecified atom stereocenters. The molecule has 0 aliphatic heterocycles. The molecule has 0 bridgehead atoms. The van der Waals surface area contributed by atoms with Crippen LogP contribution < -0.4 is 16.5 Å². The minimum absolute atomic E-state index is 0.107. The van der Waals surface area contributed by atoms with E-state index in [2.05, 4.69) is 44.0 Å². The van der Waals surface area contributed by atoms with Crippen molar-refractivity contribution < 1.29 is 0 Å². The van der Waals surface area contributed by atoms with Crippen molar-refractivity contribution in [3.63, 3.8) is 0 Å². The highest BCUT2D eigenvalue weighted by atomic mass is 79.9. The molecule has 0 aromatic heterocycles. The van der Waals surface area contributed by atoms with Crippen LogP contribution >= 0.6 is 40.4 Å². The first kappa shape index (κ1) is 14.0. The molecule has 0 heterocycles. The Kier molecular flexibility index (Phi) is 5.46. The van der Waals surface area contributed by atoms with Gasteiger partial charge in [0, 0.05) is 10.2 Å². The summed E-state index contributed by atoms with van der Waals surface area (Å²) in [6.07, 6.45) is 0. The van der Waals surface area contributed by atoms with E-state index < -0.39 is 0 Å². The minimum Gasteiger partial charge on any atom is -0.375 e. The molecule has 0 amide bonds. The number of rotatable bonds is 3. The topological polar surface area (TPSA) is 62.4 Å². The van der Waals surface area contributed by atoms with Crippen LogP contribution in [0, 0.1) is 0 Å². The second kappa shape index (κ2) is 6.63. The SMILES string of the molecule is CC(=NNC(N)=S)C(=S)Nc1ccc(Br)cc1. The molecule has 0 saturated heterocycles. The molecule has 1 rings (SSSR count). The summed E-state index contributed by atoms with van der Waals surface area (Å²) in [5.41, 5.74) is 9.24. The molecule has 0 spiro atoms. The number of nitrogens with one attached hydrogen (secondary N) is 2. The first-order valence-electron chi connectivity index (χ1n) is 4.65. The third kappa shape index (κ3) is 5.20. The lowest BCUT2D eigenvalue weighted by molar-refractivity contribution is 1.03. The minimum atomic E-state index is 0.107. The van der Waals surface area contributed by atoms with Gasteiger partial charge in [0.25, 0.3) is 0 Å². The van der Waals surface area contributed by atoms with Crippen LogP contribution in [0.1, 0.15) is 6.92 Å². The van der Waals surface area contributed by atoms with Crippen molar-refractivity contribution in [1.29, 1.82) is 0 Å². The van der Waals surface area contributed by atoms with E-state index in [1.807, 2.05) is 24.3 Å². The van der Waals surface area contributed by atoms with E-state index in [9.17, 15) is 0 Å². The van der Waals surface area contributed by atoms with Gasteiger partial charge in [-0.1, -0.05) is 28.1 Å². The van der Waals surface area contributed by atoms with Crippen molar-refractivity contribution in [2.24, 2.45) is 10.8 Å². The maximum absolute atomic E-state index is 5.25. The summed E-state index contributed by atoms with van der Waals surface area (Å²) in [6.45, 7) is 1.76. The number of hydrazone groups is 1. The Balaban J connectivity index is 2.63. The number of nitrogens with two attached hydrogens (primary N) is 1. The fourth-order valence-corrected chi connectivity index (χ4v) is 1.42. The van der Waals surface area contributed by atoms with Crippen molar-refractivity contribution in [3.05, 3.63) is 28.7 Å². The normalized spacial score (nSPS) is 10.8. The largest absolute Gasteiger partial charge is 0.375 e. The molecule has 0 radical (unpaired) electrons. The number of anilines is 1. The molecule has 17 heavy (non-hydrogen) atoms. The molecule has 1 aromatic rings. The summed E-state index contributed by atoms with van der Waals surface area (Å²) < 4.78 is 1.01. The summed E-state index contributed by atoms with van der Waals surface area (Å²) in [6, 6.07) is 7.66. The van der Waals surface area contributed by atoms with Crippen LogP contribution in [0.3, 0.4) is 0 Å². The average molecular weight is 331 g/mol. The Hall–Kier alpha value is -1.05. The third-order valence-electron chi connectivity index (χ3n) is 1.76. The first-order valence-corrected chi connectivity index (χ1v) is 6.26. The van der Waals surface area contributed by atoms with Crippen LogP contribution in [0.25, 0.3) is 0 Å². The van der Waals surface area contributed by atoms with Crippen LogP contribution in [0.2, 0.25) is 0 Å². The lowest BCUT2D eigenvalue weighted by atomic mass is 10.3.